The van der Waals surface area contributed by atoms with Gasteiger partial charge in [-0.3, -0.25) is 23.4 Å². The molecule has 1 aliphatic rings. The van der Waals surface area contributed by atoms with Crippen molar-refractivity contribution in [2.75, 3.05) is 6.61 Å². The van der Waals surface area contributed by atoms with Crippen molar-refractivity contribution in [3.63, 3.8) is 0 Å². The third kappa shape index (κ3) is 7.02. The Kier molecular flexibility index (Phi) is 9.50. The van der Waals surface area contributed by atoms with Crippen molar-refractivity contribution >= 4 is 13.8 Å². The van der Waals surface area contributed by atoms with Gasteiger partial charge in [0.05, 0.1) is 18.9 Å². The molecule has 0 radical (unpaired) electrons. The number of H-pyrrole nitrogens is 1. The van der Waals surface area contributed by atoms with E-state index in [4.69, 9.17) is 23.0 Å². The molecular weight excluding hydrogens is 542 g/mol. The van der Waals surface area contributed by atoms with Gasteiger partial charge in [-0.05, 0) is 39.8 Å². The third-order valence-electron chi connectivity index (χ3n) is 5.31. The zero-order chi connectivity index (χ0) is 29.0. The molecule has 39 heavy (non-hydrogen) atoms. The smallest absolute Gasteiger partial charge is 0.461 e. The summed E-state index contributed by atoms with van der Waals surface area (Å²) < 4.78 is 54.8. The lowest BCUT2D eigenvalue weighted by Crippen LogP contribution is -2.48. The van der Waals surface area contributed by atoms with Gasteiger partial charge >= 0.3 is 19.5 Å². The second kappa shape index (κ2) is 12.3. The number of nitrogens with one attached hydrogen (secondary N) is 1. The number of rotatable bonds is 10. The first-order valence-electron chi connectivity index (χ1n) is 11.7. The second-order valence-electron chi connectivity index (χ2n) is 8.70. The van der Waals surface area contributed by atoms with Crippen LogP contribution in [0.3, 0.4) is 0 Å². The molecule has 1 aromatic carbocycles. The molecule has 1 aliphatic heterocycles. The van der Waals surface area contributed by atoms with Gasteiger partial charge in [-0.1, -0.05) is 24.1 Å². The van der Waals surface area contributed by atoms with Crippen molar-refractivity contribution in [2.24, 2.45) is 0 Å². The normalized spacial score (nSPS) is 24.9. The van der Waals surface area contributed by atoms with E-state index in [2.05, 4.69) is 11.8 Å². The van der Waals surface area contributed by atoms with Crippen LogP contribution in [0.4, 0.5) is 4.39 Å². The van der Waals surface area contributed by atoms with Crippen molar-refractivity contribution in [3.05, 3.63) is 63.2 Å². The van der Waals surface area contributed by atoms with Crippen molar-refractivity contribution < 1.29 is 47.0 Å². The molecule has 2 unspecified atom stereocenters. The number of phosphoric acid groups is 1. The van der Waals surface area contributed by atoms with Gasteiger partial charge in [-0.2, -0.15) is 4.39 Å². The number of phosphoric ester groups is 1. The van der Waals surface area contributed by atoms with Crippen LogP contribution in [0, 0.1) is 17.7 Å². The van der Waals surface area contributed by atoms with Crippen LogP contribution in [0.5, 0.6) is 5.75 Å². The monoisotopic (exact) mass is 570 g/mol. The van der Waals surface area contributed by atoms with Gasteiger partial charge in [-0.15, -0.1) is 5.92 Å². The molecule has 15 heteroatoms. The molecule has 3 N–H and O–H groups in total. The Bertz CT molecular complexity index is 1400. The minimum Gasteiger partial charge on any atom is -0.461 e. The molecule has 2 aromatic rings. The lowest BCUT2D eigenvalue weighted by molar-refractivity contribution is -0.156. The van der Waals surface area contributed by atoms with E-state index in [1.807, 2.05) is 0 Å². The summed E-state index contributed by atoms with van der Waals surface area (Å²) in [5.74, 6) is 2.55. The van der Waals surface area contributed by atoms with Gasteiger partial charge < -0.3 is 24.2 Å². The largest absolute Gasteiger partial charge is 0.530 e. The van der Waals surface area contributed by atoms with Crippen molar-refractivity contribution in [3.8, 4) is 17.6 Å². The number of carbonyl (C=O) groups excluding carboxylic acids is 1. The highest BCUT2D eigenvalue weighted by molar-refractivity contribution is 7.49. The molecule has 0 saturated carbocycles. The maximum Gasteiger partial charge on any atom is 0.530 e. The molecule has 0 amide bonds. The minimum atomic E-state index is -4.63. The topological polar surface area (TPSA) is 176 Å². The summed E-state index contributed by atoms with van der Waals surface area (Å²) in [6, 6.07) is 7.72. The summed E-state index contributed by atoms with van der Waals surface area (Å²) in [6.45, 7) is 5.03. The highest BCUT2D eigenvalue weighted by atomic mass is 31.2. The summed E-state index contributed by atoms with van der Waals surface area (Å²) in [7, 11) is -4.63. The number of aliphatic hydroxyl groups excluding tert-OH is 1. The van der Waals surface area contributed by atoms with Gasteiger partial charge in [0.2, 0.25) is 5.82 Å². The van der Waals surface area contributed by atoms with Crippen LogP contribution in [-0.4, -0.2) is 62.4 Å². The molecule has 0 spiro atoms. The number of ether oxygens (including phenoxy) is 2. The molecule has 2 heterocycles. The fourth-order valence-electron chi connectivity index (χ4n) is 3.57. The quantitative estimate of drug-likeness (QED) is 0.213. The zero-order valence-electron chi connectivity index (χ0n) is 21.4. The fraction of sp³-hybridized carbons (Fsp3) is 0.458. The van der Waals surface area contributed by atoms with Crippen LogP contribution in [0.1, 0.15) is 33.9 Å². The lowest BCUT2D eigenvalue weighted by atomic mass is 9.94. The van der Waals surface area contributed by atoms with Crippen LogP contribution < -0.4 is 15.8 Å². The van der Waals surface area contributed by atoms with Crippen molar-refractivity contribution in [2.45, 2.75) is 63.9 Å². The Morgan fingerprint density at radius 2 is 1.95 bits per heavy atom. The number of aromatic nitrogens is 2. The molecule has 13 nitrogen and oxygen atoms in total. The predicted octanol–water partition coefficient (Wildman–Crippen LogP) is 1.25. The maximum atomic E-state index is 14.0. The number of halogens is 1. The summed E-state index contributed by atoms with van der Waals surface area (Å²) >= 11 is 0. The summed E-state index contributed by atoms with van der Waals surface area (Å²) in [4.78, 5) is 37.7. The first-order valence-corrected chi connectivity index (χ1v) is 13.1. The number of hydrogen-bond donors (Lipinski definition) is 3. The Balaban J connectivity index is 1.89. The highest BCUT2D eigenvalue weighted by Crippen LogP contribution is 2.51. The number of esters is 1. The number of nitrogens with zero attached hydrogens (tertiary/aromatic N) is 1. The standard InChI is InChI=1S/C24H28FN2O11P/c1-5-11-24(32)19(28)18(36-22(24)27-12-17(25)20(29)26-23(27)31)13-34-39(33,38-16-9-7-6-8-10-16)37-15(4)21(30)35-14(2)3/h6-10,12,14-15,18-19,22,28,32H,13H2,1-4H3,(H,26,29,31)/t15-,18+,19-,22+,24?,39?/m0/s1. The highest BCUT2D eigenvalue weighted by Gasteiger charge is 2.57. The van der Waals surface area contributed by atoms with Crippen molar-refractivity contribution in [1.29, 1.82) is 0 Å². The molecule has 0 aliphatic carbocycles. The number of para-hydroxylation sites is 1. The van der Waals surface area contributed by atoms with Crippen molar-refractivity contribution in [1.82, 2.24) is 9.55 Å². The van der Waals surface area contributed by atoms with E-state index in [0.29, 0.717) is 10.8 Å². The Hall–Kier alpha value is -3.31. The molecular formula is C24H28FN2O11P. The number of carbonyl (C=O) groups is 1. The number of benzene rings is 1. The zero-order valence-corrected chi connectivity index (χ0v) is 22.3. The lowest BCUT2D eigenvalue weighted by Gasteiger charge is -2.26. The summed E-state index contributed by atoms with van der Waals surface area (Å²) in [5.41, 5.74) is -4.95. The van der Waals surface area contributed by atoms with E-state index in [0.717, 1.165) is 0 Å². The molecule has 1 saturated heterocycles. The van der Waals surface area contributed by atoms with Gasteiger partial charge in [0, 0.05) is 0 Å². The van der Waals surface area contributed by atoms with E-state index < -0.39 is 73.7 Å². The van der Waals surface area contributed by atoms with Gasteiger partial charge in [0.15, 0.2) is 17.9 Å². The number of aliphatic hydroxyl groups is 2. The van der Waals surface area contributed by atoms with E-state index in [-0.39, 0.29) is 5.75 Å². The summed E-state index contributed by atoms with van der Waals surface area (Å²) in [5, 5.41) is 22.0. The summed E-state index contributed by atoms with van der Waals surface area (Å²) in [6.07, 6.45) is -6.66. The molecule has 6 atom stereocenters. The second-order valence-corrected chi connectivity index (χ2v) is 10.2. The van der Waals surface area contributed by atoms with E-state index in [1.54, 1.807) is 37.0 Å². The van der Waals surface area contributed by atoms with Crippen LogP contribution in [0.25, 0.3) is 0 Å². The first-order chi connectivity index (χ1) is 18.3. The Morgan fingerprint density at radius 1 is 1.28 bits per heavy atom. The Morgan fingerprint density at radius 3 is 2.56 bits per heavy atom. The molecule has 3 rings (SSSR count). The average Bonchev–Trinajstić information content (AvgIpc) is 3.10. The van der Waals surface area contributed by atoms with Crippen LogP contribution in [0.2, 0.25) is 0 Å². The van der Waals surface area contributed by atoms with Gasteiger partial charge in [-0.25, -0.2) is 14.2 Å². The van der Waals surface area contributed by atoms with E-state index in [9.17, 15) is 33.6 Å². The van der Waals surface area contributed by atoms with Crippen LogP contribution in [-0.2, 0) is 27.9 Å². The fourth-order valence-corrected chi connectivity index (χ4v) is 4.91. The molecule has 212 valence electrons. The van der Waals surface area contributed by atoms with Gasteiger partial charge in [0.25, 0.3) is 5.56 Å². The van der Waals surface area contributed by atoms with E-state index in [1.165, 1.54) is 26.0 Å². The van der Waals surface area contributed by atoms with Gasteiger partial charge in [0.1, 0.15) is 18.0 Å². The molecule has 1 fully saturated rings. The predicted molar refractivity (Wildman–Crippen MR) is 132 cm³/mol. The SMILES string of the molecule is CC#CC1(O)[C@@H](O)[C@@H](COP(=O)(Oc2ccccc2)O[C@@H](C)C(=O)OC(C)C)O[C@H]1n1cc(F)c(=O)[nH]c1=O. The number of aromatic amines is 1. The molecule has 1 aromatic heterocycles. The first kappa shape index (κ1) is 30.2. The third-order valence-corrected chi connectivity index (χ3v) is 6.79. The Labute approximate surface area is 222 Å². The average molecular weight is 570 g/mol. The minimum absolute atomic E-state index is 0.0552. The van der Waals surface area contributed by atoms with Crippen LogP contribution in [0.15, 0.2) is 46.1 Å². The van der Waals surface area contributed by atoms with E-state index >= 15 is 0 Å². The van der Waals surface area contributed by atoms with Crippen LogP contribution >= 0.6 is 7.82 Å². The number of hydrogen-bond acceptors (Lipinski definition) is 11. The molecule has 0 bridgehead atoms. The maximum absolute atomic E-state index is 14.0.